The number of carboxylic acid groups (broad SMARTS) is 1. The minimum Gasteiger partial charge on any atom is -0.478 e. The summed E-state index contributed by atoms with van der Waals surface area (Å²) in [7, 11) is 0. The van der Waals surface area contributed by atoms with Gasteiger partial charge in [0.05, 0.1) is 24.3 Å². The number of hydrogen-bond donors (Lipinski definition) is 4. The van der Waals surface area contributed by atoms with Gasteiger partial charge in [-0.05, 0) is 70.8 Å². The molecule has 1 aliphatic rings. The minimum atomic E-state index is -1.11. The van der Waals surface area contributed by atoms with Gasteiger partial charge < -0.3 is 25.8 Å². The third kappa shape index (κ3) is 19.0. The summed E-state index contributed by atoms with van der Waals surface area (Å²) in [6.45, 7) is 9.02. The molecule has 266 valence electrons. The van der Waals surface area contributed by atoms with E-state index in [-0.39, 0.29) is 36.3 Å². The van der Waals surface area contributed by atoms with E-state index < -0.39 is 36.1 Å². The van der Waals surface area contributed by atoms with E-state index in [1.807, 2.05) is 26.0 Å². The molecule has 0 saturated carbocycles. The number of rotatable bonds is 23. The van der Waals surface area contributed by atoms with E-state index in [2.05, 4.69) is 83.6 Å². The monoisotopic (exact) mass is 665 g/mol. The third-order valence-electron chi connectivity index (χ3n) is 7.73. The van der Waals surface area contributed by atoms with Gasteiger partial charge in [0.15, 0.2) is 0 Å². The number of ether oxygens (including phenoxy) is 1. The molecule has 0 radical (unpaired) electrons. The van der Waals surface area contributed by atoms with Crippen molar-refractivity contribution in [3.8, 4) is 0 Å². The topological polar surface area (TPSA) is 134 Å². The van der Waals surface area contributed by atoms with Crippen LogP contribution in [0, 0.1) is 0 Å². The molecule has 0 aromatic carbocycles. The summed E-state index contributed by atoms with van der Waals surface area (Å²) >= 11 is 0. The molecule has 0 aromatic rings. The first-order valence-corrected chi connectivity index (χ1v) is 17.5. The Balaban J connectivity index is 2.45. The van der Waals surface area contributed by atoms with Crippen molar-refractivity contribution in [2.24, 2.45) is 0 Å². The highest BCUT2D eigenvalue weighted by atomic mass is 16.5. The van der Waals surface area contributed by atoms with Crippen molar-refractivity contribution in [3.05, 3.63) is 84.6 Å². The number of aliphatic carboxylic acids is 1. The van der Waals surface area contributed by atoms with Crippen molar-refractivity contribution in [2.45, 2.75) is 136 Å². The number of nitrogens with one attached hydrogen (secondary N) is 3. The zero-order valence-electron chi connectivity index (χ0n) is 29.7. The van der Waals surface area contributed by atoms with Crippen LogP contribution in [0.5, 0.6) is 0 Å². The predicted molar refractivity (Wildman–Crippen MR) is 194 cm³/mol. The van der Waals surface area contributed by atoms with E-state index in [1.54, 1.807) is 6.92 Å². The van der Waals surface area contributed by atoms with Crippen molar-refractivity contribution >= 4 is 23.7 Å². The number of allylic oxidation sites excluding steroid dienone is 12. The maximum absolute atomic E-state index is 13.1. The summed E-state index contributed by atoms with van der Waals surface area (Å²) in [6.07, 6.45) is 34.1. The van der Waals surface area contributed by atoms with E-state index in [0.717, 1.165) is 38.5 Å². The van der Waals surface area contributed by atoms with Crippen LogP contribution in [0.25, 0.3) is 0 Å². The second-order valence-electron chi connectivity index (χ2n) is 11.8. The van der Waals surface area contributed by atoms with Crippen LogP contribution in [0.1, 0.15) is 105 Å². The van der Waals surface area contributed by atoms with E-state index in [0.29, 0.717) is 19.3 Å². The summed E-state index contributed by atoms with van der Waals surface area (Å²) in [4.78, 5) is 49.5. The van der Waals surface area contributed by atoms with Gasteiger partial charge in [-0.25, -0.2) is 4.79 Å². The number of carbonyl (C=O) groups is 4. The summed E-state index contributed by atoms with van der Waals surface area (Å²) < 4.78 is 6.16. The van der Waals surface area contributed by atoms with Gasteiger partial charge >= 0.3 is 5.97 Å². The Hall–Kier alpha value is -3.98. The summed E-state index contributed by atoms with van der Waals surface area (Å²) in [6, 6.07) is -2.24. The minimum absolute atomic E-state index is 0.0121. The highest BCUT2D eigenvalue weighted by Gasteiger charge is 2.38. The van der Waals surface area contributed by atoms with E-state index in [9.17, 15) is 24.3 Å². The number of carbonyl (C=O) groups excluding carboxylic acids is 3. The van der Waals surface area contributed by atoms with E-state index in [1.165, 1.54) is 13.0 Å². The summed E-state index contributed by atoms with van der Waals surface area (Å²) in [5, 5.41) is 18.1. The van der Waals surface area contributed by atoms with Crippen LogP contribution in [-0.4, -0.2) is 59.1 Å². The van der Waals surface area contributed by atoms with Gasteiger partial charge in [0.1, 0.15) is 6.04 Å². The average Bonchev–Trinajstić information content (AvgIpc) is 3.05. The van der Waals surface area contributed by atoms with E-state index >= 15 is 0 Å². The van der Waals surface area contributed by atoms with Crippen LogP contribution in [0.2, 0.25) is 0 Å². The molecule has 4 atom stereocenters. The second kappa shape index (κ2) is 26.0. The SMILES string of the molecule is CCC=CCC=CCC=CCC=CCC=CCC=CCCC(=O)NC(C)C(=O)NC1CC(C(=O)O)=CC(OC(CC)CC)C1NC(C)=O. The molecule has 0 saturated heterocycles. The van der Waals surface area contributed by atoms with Gasteiger partial charge in [0.25, 0.3) is 0 Å². The largest absolute Gasteiger partial charge is 0.478 e. The molecule has 48 heavy (non-hydrogen) atoms. The van der Waals surface area contributed by atoms with Gasteiger partial charge in [0.2, 0.25) is 17.7 Å². The molecule has 0 bridgehead atoms. The third-order valence-corrected chi connectivity index (χ3v) is 7.73. The quantitative estimate of drug-likeness (QED) is 0.0874. The smallest absolute Gasteiger partial charge is 0.331 e. The molecule has 3 amide bonds. The molecule has 0 aliphatic heterocycles. The zero-order valence-corrected chi connectivity index (χ0v) is 29.7. The lowest BCUT2D eigenvalue weighted by atomic mass is 9.87. The molecule has 9 heteroatoms. The lowest BCUT2D eigenvalue weighted by Crippen LogP contribution is -2.61. The molecule has 0 spiro atoms. The molecular formula is C39H59N3O6. The second-order valence-corrected chi connectivity index (χ2v) is 11.8. The number of carboxylic acids is 1. The Labute approximate surface area is 288 Å². The normalized spacial score (nSPS) is 19.3. The molecule has 0 fully saturated rings. The summed E-state index contributed by atoms with van der Waals surface area (Å²) in [5.74, 6) is -2.16. The maximum atomic E-state index is 13.1. The average molecular weight is 666 g/mol. The van der Waals surface area contributed by atoms with Gasteiger partial charge in [-0.2, -0.15) is 0 Å². The number of hydrogen-bond acceptors (Lipinski definition) is 5. The number of amides is 3. The fourth-order valence-electron chi connectivity index (χ4n) is 5.05. The molecule has 9 nitrogen and oxygen atoms in total. The van der Waals surface area contributed by atoms with Crippen molar-refractivity contribution in [1.29, 1.82) is 0 Å². The Morgan fingerprint density at radius 1 is 0.812 bits per heavy atom. The predicted octanol–water partition coefficient (Wildman–Crippen LogP) is 6.95. The van der Waals surface area contributed by atoms with Gasteiger partial charge in [-0.15, -0.1) is 0 Å². The Morgan fingerprint density at radius 3 is 1.77 bits per heavy atom. The van der Waals surface area contributed by atoms with Crippen molar-refractivity contribution in [1.82, 2.24) is 16.0 Å². The zero-order chi connectivity index (χ0) is 35.6. The fourth-order valence-corrected chi connectivity index (χ4v) is 5.05. The van der Waals surface area contributed by atoms with Crippen LogP contribution >= 0.6 is 0 Å². The first-order valence-electron chi connectivity index (χ1n) is 17.5. The Morgan fingerprint density at radius 2 is 1.31 bits per heavy atom. The van der Waals surface area contributed by atoms with Crippen LogP contribution in [0.15, 0.2) is 84.6 Å². The molecule has 4 N–H and O–H groups in total. The van der Waals surface area contributed by atoms with Crippen LogP contribution in [0.3, 0.4) is 0 Å². The highest BCUT2D eigenvalue weighted by Crippen LogP contribution is 2.25. The summed E-state index contributed by atoms with van der Waals surface area (Å²) in [5.41, 5.74) is 0.103. The van der Waals surface area contributed by atoms with E-state index in [4.69, 9.17) is 4.74 Å². The van der Waals surface area contributed by atoms with Crippen LogP contribution in [-0.2, 0) is 23.9 Å². The lowest BCUT2D eigenvalue weighted by molar-refractivity contribution is -0.134. The van der Waals surface area contributed by atoms with Crippen LogP contribution in [0.4, 0.5) is 0 Å². The maximum Gasteiger partial charge on any atom is 0.331 e. The molecule has 1 aliphatic carbocycles. The van der Waals surface area contributed by atoms with Gasteiger partial charge in [0, 0.05) is 25.3 Å². The van der Waals surface area contributed by atoms with Crippen molar-refractivity contribution < 1.29 is 29.0 Å². The Bertz CT molecular complexity index is 1190. The van der Waals surface area contributed by atoms with Crippen LogP contribution < -0.4 is 16.0 Å². The lowest BCUT2D eigenvalue weighted by Gasteiger charge is -2.38. The Kier molecular flexibility index (Phi) is 22.8. The first kappa shape index (κ1) is 42.0. The molecule has 4 unspecified atom stereocenters. The molecule has 0 aromatic heterocycles. The first-order chi connectivity index (χ1) is 23.1. The van der Waals surface area contributed by atoms with Gasteiger partial charge in [-0.1, -0.05) is 93.7 Å². The highest BCUT2D eigenvalue weighted by molar-refractivity contribution is 5.89. The van der Waals surface area contributed by atoms with Crippen molar-refractivity contribution in [2.75, 3.05) is 0 Å². The van der Waals surface area contributed by atoms with Crippen molar-refractivity contribution in [3.63, 3.8) is 0 Å². The fraction of sp³-hybridized carbons (Fsp3) is 0.538. The van der Waals surface area contributed by atoms with Gasteiger partial charge in [-0.3, -0.25) is 14.4 Å². The molecular weight excluding hydrogens is 606 g/mol. The molecule has 1 rings (SSSR count). The molecule has 0 heterocycles. The standard InChI is InChI=1S/C39H59N3O6/c1-6-9-10-11-12-13-14-15-16-17-18-19-20-21-22-23-24-25-26-27-36(44)40-30(4)38(45)42-34-28-32(39(46)47)29-35(37(34)41-31(5)43)48-33(7-2)8-3/h9-10,12-13,15-16,18-19,21-22,24-25,29-30,33-35,37H,6-8,11,14,17,20,23,26-28H2,1-5H3,(H,40,44)(H,41,43)(H,42,45)(H,46,47).